The van der Waals surface area contributed by atoms with E-state index in [1.54, 1.807) is 0 Å². The third-order valence-electron chi connectivity index (χ3n) is 2.38. The number of benzene rings is 1. The molecule has 0 unspecified atom stereocenters. The van der Waals surface area contributed by atoms with Gasteiger partial charge in [0.15, 0.2) is 0 Å². The highest BCUT2D eigenvalue weighted by atomic mass is 16.5. The first kappa shape index (κ1) is 12.6. The first-order valence-electron chi connectivity index (χ1n) is 5.60. The lowest BCUT2D eigenvalue weighted by atomic mass is 10.1. The highest BCUT2D eigenvalue weighted by molar-refractivity contribution is 5.34. The molecule has 0 saturated heterocycles. The van der Waals surface area contributed by atoms with E-state index in [0.717, 1.165) is 18.8 Å². The summed E-state index contributed by atoms with van der Waals surface area (Å²) in [5.41, 5.74) is 2.53. The molecule has 0 aromatic heterocycles. The Balaban J connectivity index is 2.36. The van der Waals surface area contributed by atoms with Crippen molar-refractivity contribution in [2.75, 3.05) is 19.7 Å². The Kier molecular flexibility index (Phi) is 5.45. The van der Waals surface area contributed by atoms with Gasteiger partial charge in [-0.3, -0.25) is 0 Å². The molecular weight excluding hydrogens is 198 g/mol. The molecule has 0 bridgehead atoms. The van der Waals surface area contributed by atoms with E-state index >= 15 is 0 Å². The molecular formula is C14H19NO. The second-order valence-electron chi connectivity index (χ2n) is 3.67. The average Bonchev–Trinajstić information content (AvgIpc) is 2.28. The Morgan fingerprint density at radius 3 is 2.69 bits per heavy atom. The molecule has 2 heteroatoms. The van der Waals surface area contributed by atoms with Gasteiger partial charge in [0.1, 0.15) is 12.4 Å². The van der Waals surface area contributed by atoms with E-state index in [9.17, 15) is 0 Å². The number of aryl methyl sites for hydroxylation is 2. The summed E-state index contributed by atoms with van der Waals surface area (Å²) in [7, 11) is 0. The monoisotopic (exact) mass is 217 g/mol. The fraction of sp³-hybridized carbons (Fsp3) is 0.429. The molecule has 1 rings (SSSR count). The molecule has 0 aliphatic rings. The van der Waals surface area contributed by atoms with Crippen LogP contribution >= 0.6 is 0 Å². The van der Waals surface area contributed by atoms with Crippen LogP contribution in [0, 0.1) is 25.7 Å². The summed E-state index contributed by atoms with van der Waals surface area (Å²) < 4.78 is 5.52. The lowest BCUT2D eigenvalue weighted by Crippen LogP contribution is -2.12. The van der Waals surface area contributed by atoms with Gasteiger partial charge in [-0.25, -0.2) is 0 Å². The molecule has 0 amide bonds. The normalized spacial score (nSPS) is 9.44. The zero-order valence-corrected chi connectivity index (χ0v) is 10.3. The summed E-state index contributed by atoms with van der Waals surface area (Å²) in [6, 6.07) is 6.09. The molecule has 0 aliphatic carbocycles. The van der Waals surface area contributed by atoms with Crippen LogP contribution in [0.1, 0.15) is 18.1 Å². The molecule has 1 aromatic carbocycles. The van der Waals surface area contributed by atoms with Crippen LogP contribution in [-0.2, 0) is 0 Å². The molecule has 0 saturated carbocycles. The molecule has 0 heterocycles. The maximum Gasteiger partial charge on any atom is 0.149 e. The second-order valence-corrected chi connectivity index (χ2v) is 3.67. The first-order chi connectivity index (χ1) is 7.74. The Morgan fingerprint density at radius 2 is 2.00 bits per heavy atom. The van der Waals surface area contributed by atoms with Crippen molar-refractivity contribution in [2.45, 2.75) is 20.8 Å². The smallest absolute Gasteiger partial charge is 0.149 e. The Bertz CT molecular complexity index is 387. The average molecular weight is 217 g/mol. The van der Waals surface area contributed by atoms with Crippen LogP contribution in [-0.4, -0.2) is 19.7 Å². The number of rotatable bonds is 4. The largest absolute Gasteiger partial charge is 0.481 e. The van der Waals surface area contributed by atoms with Gasteiger partial charge in [0, 0.05) is 0 Å². The van der Waals surface area contributed by atoms with Gasteiger partial charge in [-0.2, -0.15) is 0 Å². The van der Waals surface area contributed by atoms with Crippen LogP contribution in [0.15, 0.2) is 18.2 Å². The summed E-state index contributed by atoms with van der Waals surface area (Å²) in [5.74, 6) is 6.85. The number of nitrogens with one attached hydrogen (secondary N) is 1. The highest BCUT2D eigenvalue weighted by Crippen LogP contribution is 2.15. The molecule has 1 N–H and O–H groups in total. The minimum atomic E-state index is 0.452. The third kappa shape index (κ3) is 4.37. The predicted molar refractivity (Wildman–Crippen MR) is 67.7 cm³/mol. The summed E-state index contributed by atoms with van der Waals surface area (Å²) in [6.07, 6.45) is 0. The Hall–Kier alpha value is -1.46. The summed E-state index contributed by atoms with van der Waals surface area (Å²) in [4.78, 5) is 0. The standard InChI is InChI=1S/C14H19NO/c1-4-15-9-5-6-10-16-14-8-7-12(2)13(3)11-14/h7-8,11,15H,4,9-10H2,1-3H3. The summed E-state index contributed by atoms with van der Waals surface area (Å²) >= 11 is 0. The third-order valence-corrected chi connectivity index (χ3v) is 2.38. The second kappa shape index (κ2) is 6.92. The van der Waals surface area contributed by atoms with Crippen molar-refractivity contribution in [3.8, 4) is 17.6 Å². The van der Waals surface area contributed by atoms with Gasteiger partial charge < -0.3 is 10.1 Å². The van der Waals surface area contributed by atoms with Crippen LogP contribution in [0.5, 0.6) is 5.75 Å². The van der Waals surface area contributed by atoms with Crippen molar-refractivity contribution in [1.29, 1.82) is 0 Å². The van der Waals surface area contributed by atoms with Crippen molar-refractivity contribution >= 4 is 0 Å². The van der Waals surface area contributed by atoms with E-state index in [1.807, 2.05) is 12.1 Å². The zero-order chi connectivity index (χ0) is 11.8. The van der Waals surface area contributed by atoms with E-state index in [2.05, 4.69) is 44.0 Å². The Labute approximate surface area is 98.0 Å². The van der Waals surface area contributed by atoms with Crippen LogP contribution < -0.4 is 10.1 Å². The van der Waals surface area contributed by atoms with Gasteiger partial charge in [0.2, 0.25) is 0 Å². The van der Waals surface area contributed by atoms with Crippen LogP contribution in [0.25, 0.3) is 0 Å². The van der Waals surface area contributed by atoms with Crippen LogP contribution in [0.3, 0.4) is 0 Å². The molecule has 86 valence electrons. The van der Waals surface area contributed by atoms with E-state index < -0.39 is 0 Å². The van der Waals surface area contributed by atoms with E-state index in [4.69, 9.17) is 4.74 Å². The fourth-order valence-electron chi connectivity index (χ4n) is 1.22. The van der Waals surface area contributed by atoms with Crippen LogP contribution in [0.2, 0.25) is 0 Å². The van der Waals surface area contributed by atoms with Gasteiger partial charge in [-0.1, -0.05) is 24.8 Å². The van der Waals surface area contributed by atoms with E-state index in [0.29, 0.717) is 6.61 Å². The van der Waals surface area contributed by atoms with Gasteiger partial charge in [0.05, 0.1) is 6.54 Å². The van der Waals surface area contributed by atoms with E-state index in [-0.39, 0.29) is 0 Å². The van der Waals surface area contributed by atoms with Crippen molar-refractivity contribution in [2.24, 2.45) is 0 Å². The highest BCUT2D eigenvalue weighted by Gasteiger charge is 1.95. The molecule has 1 aromatic rings. The summed E-state index contributed by atoms with van der Waals surface area (Å²) in [5, 5.41) is 3.13. The molecule has 0 aliphatic heterocycles. The van der Waals surface area contributed by atoms with Crippen molar-refractivity contribution in [3.63, 3.8) is 0 Å². The fourth-order valence-corrected chi connectivity index (χ4v) is 1.22. The molecule has 16 heavy (non-hydrogen) atoms. The topological polar surface area (TPSA) is 21.3 Å². The molecule has 0 spiro atoms. The lowest BCUT2D eigenvalue weighted by molar-refractivity contribution is 0.370. The van der Waals surface area contributed by atoms with Gasteiger partial charge in [0.25, 0.3) is 0 Å². The minimum Gasteiger partial charge on any atom is -0.481 e. The number of hydrogen-bond acceptors (Lipinski definition) is 2. The number of ether oxygens (including phenoxy) is 1. The SMILES string of the molecule is CCNCC#CCOc1ccc(C)c(C)c1. The summed E-state index contributed by atoms with van der Waals surface area (Å²) in [6.45, 7) is 8.37. The predicted octanol–water partition coefficient (Wildman–Crippen LogP) is 2.30. The maximum atomic E-state index is 5.52. The lowest BCUT2D eigenvalue weighted by Gasteiger charge is -2.04. The van der Waals surface area contributed by atoms with Crippen LogP contribution in [0.4, 0.5) is 0 Å². The molecule has 0 radical (unpaired) electrons. The maximum absolute atomic E-state index is 5.52. The van der Waals surface area contributed by atoms with Gasteiger partial charge >= 0.3 is 0 Å². The van der Waals surface area contributed by atoms with Crippen molar-refractivity contribution < 1.29 is 4.74 Å². The van der Waals surface area contributed by atoms with Gasteiger partial charge in [-0.15, -0.1) is 0 Å². The number of hydrogen-bond donors (Lipinski definition) is 1. The Morgan fingerprint density at radius 1 is 1.19 bits per heavy atom. The molecule has 2 nitrogen and oxygen atoms in total. The minimum absolute atomic E-state index is 0.452. The quantitative estimate of drug-likeness (QED) is 0.617. The van der Waals surface area contributed by atoms with Crippen molar-refractivity contribution in [3.05, 3.63) is 29.3 Å². The first-order valence-corrected chi connectivity index (χ1v) is 5.60. The van der Waals surface area contributed by atoms with E-state index in [1.165, 1.54) is 11.1 Å². The zero-order valence-electron chi connectivity index (χ0n) is 10.3. The molecule has 0 atom stereocenters. The molecule has 0 fully saturated rings. The van der Waals surface area contributed by atoms with Crippen molar-refractivity contribution in [1.82, 2.24) is 5.32 Å². The van der Waals surface area contributed by atoms with Gasteiger partial charge in [-0.05, 0) is 43.7 Å².